The summed E-state index contributed by atoms with van der Waals surface area (Å²) in [5.74, 6) is -2.92. The molecule has 7 nitrogen and oxygen atoms in total. The van der Waals surface area contributed by atoms with Gasteiger partial charge in [-0.25, -0.2) is 9.18 Å². The number of pyridine rings is 1. The minimum Gasteiger partial charge on any atom is -0.477 e. The van der Waals surface area contributed by atoms with Crippen molar-refractivity contribution in [1.82, 2.24) is 4.57 Å². The van der Waals surface area contributed by atoms with Crippen molar-refractivity contribution >= 4 is 34.2 Å². The van der Waals surface area contributed by atoms with Crippen LogP contribution in [0.15, 0.2) is 27.7 Å². The maximum atomic E-state index is 15.4. The normalized spacial score (nSPS) is 18.4. The number of rotatable bonds is 6. The molecule has 32 heavy (non-hydrogen) atoms. The highest BCUT2D eigenvalue weighted by Crippen LogP contribution is 2.45. The number of carbonyl (C=O) groups is 1. The quantitative estimate of drug-likeness (QED) is 0.664. The SMILES string of the molecule is NC/C(Cl)=C1\CCCN(c2c(F)cc3c(=O)c(C(=O)O)cn(C4CC4)c3c2OC(F)F)C1. The first-order valence-corrected chi connectivity index (χ1v) is 10.5. The number of piperidine rings is 1. The van der Waals surface area contributed by atoms with Crippen LogP contribution in [-0.2, 0) is 0 Å². The standard InChI is InChI=1S/C21H21ClF3N3O4/c22-14(7-26)10-2-1-5-27(8-10)17-15(23)6-12-16(19(17)32-21(24)25)28(11-3-4-11)9-13(18(12)29)20(30)31/h6,9,11,21H,1-5,7-8,26H2,(H,30,31)/b14-10-. The average molecular weight is 472 g/mol. The van der Waals surface area contributed by atoms with Crippen LogP contribution in [0.25, 0.3) is 10.9 Å². The minimum absolute atomic E-state index is 0.0415. The Bertz CT molecular complexity index is 1180. The lowest BCUT2D eigenvalue weighted by atomic mass is 10.0. The third-order valence-corrected chi connectivity index (χ3v) is 6.16. The van der Waals surface area contributed by atoms with E-state index < -0.39 is 35.1 Å². The molecule has 11 heteroatoms. The molecule has 3 N–H and O–H groups in total. The Labute approximate surface area is 185 Å². The highest BCUT2D eigenvalue weighted by Gasteiger charge is 2.33. The zero-order chi connectivity index (χ0) is 23.2. The van der Waals surface area contributed by atoms with Crippen molar-refractivity contribution < 1.29 is 27.8 Å². The molecule has 0 atom stereocenters. The third-order valence-electron chi connectivity index (χ3n) is 5.74. The van der Waals surface area contributed by atoms with E-state index in [1.165, 1.54) is 9.47 Å². The van der Waals surface area contributed by atoms with Gasteiger partial charge in [-0.1, -0.05) is 11.6 Å². The number of carboxylic acid groups (broad SMARTS) is 1. The van der Waals surface area contributed by atoms with Crippen molar-refractivity contribution in [2.45, 2.75) is 38.3 Å². The number of hydrogen-bond donors (Lipinski definition) is 2. The van der Waals surface area contributed by atoms with Gasteiger partial charge in [0.2, 0.25) is 5.43 Å². The molecule has 1 aliphatic heterocycles. The summed E-state index contributed by atoms with van der Waals surface area (Å²) in [5.41, 5.74) is 4.60. The zero-order valence-corrected chi connectivity index (χ0v) is 17.7. The summed E-state index contributed by atoms with van der Waals surface area (Å²) in [4.78, 5) is 25.9. The second-order valence-corrected chi connectivity index (χ2v) is 8.32. The molecule has 172 valence electrons. The predicted molar refractivity (Wildman–Crippen MR) is 113 cm³/mol. The number of hydrogen-bond acceptors (Lipinski definition) is 5. The van der Waals surface area contributed by atoms with E-state index in [0.29, 0.717) is 37.3 Å². The lowest BCUT2D eigenvalue weighted by molar-refractivity contribution is -0.0488. The van der Waals surface area contributed by atoms with Gasteiger partial charge >= 0.3 is 12.6 Å². The monoisotopic (exact) mass is 471 g/mol. The third kappa shape index (κ3) is 4.04. The van der Waals surface area contributed by atoms with Crippen LogP contribution in [0.5, 0.6) is 5.75 Å². The molecule has 0 spiro atoms. The largest absolute Gasteiger partial charge is 0.477 e. The van der Waals surface area contributed by atoms with Crippen LogP contribution in [0.2, 0.25) is 0 Å². The Morgan fingerprint density at radius 3 is 2.69 bits per heavy atom. The van der Waals surface area contributed by atoms with Gasteiger partial charge < -0.3 is 25.0 Å². The highest BCUT2D eigenvalue weighted by atomic mass is 35.5. The molecule has 1 saturated carbocycles. The lowest BCUT2D eigenvalue weighted by Gasteiger charge is -2.33. The van der Waals surface area contributed by atoms with Crippen molar-refractivity contribution in [3.63, 3.8) is 0 Å². The van der Waals surface area contributed by atoms with Gasteiger partial charge in [0, 0.05) is 36.9 Å². The van der Waals surface area contributed by atoms with Gasteiger partial charge in [0.1, 0.15) is 11.3 Å². The molecule has 1 aromatic heterocycles. The van der Waals surface area contributed by atoms with Crippen LogP contribution in [0.1, 0.15) is 42.1 Å². The van der Waals surface area contributed by atoms with Gasteiger partial charge in [-0.15, -0.1) is 0 Å². The molecular weight excluding hydrogens is 451 g/mol. The van der Waals surface area contributed by atoms with E-state index >= 15 is 4.39 Å². The van der Waals surface area contributed by atoms with E-state index in [4.69, 9.17) is 22.1 Å². The summed E-state index contributed by atoms with van der Waals surface area (Å²) in [5, 5.41) is 9.51. The van der Waals surface area contributed by atoms with Gasteiger partial charge in [-0.2, -0.15) is 8.78 Å². The molecule has 2 aliphatic rings. The number of nitrogens with two attached hydrogens (primary N) is 1. The Morgan fingerprint density at radius 2 is 2.09 bits per heavy atom. The fourth-order valence-corrected chi connectivity index (χ4v) is 4.31. The van der Waals surface area contributed by atoms with Gasteiger partial charge in [-0.05, 0) is 37.3 Å². The highest BCUT2D eigenvalue weighted by molar-refractivity contribution is 6.30. The first-order chi connectivity index (χ1) is 15.2. The van der Waals surface area contributed by atoms with Gasteiger partial charge in [0.25, 0.3) is 0 Å². The fourth-order valence-electron chi connectivity index (χ4n) is 4.16. The number of carboxylic acids is 1. The number of fused-ring (bicyclic) bond motifs is 1. The molecule has 0 bridgehead atoms. The van der Waals surface area contributed by atoms with Crippen LogP contribution in [0.4, 0.5) is 18.9 Å². The van der Waals surface area contributed by atoms with Crippen molar-refractivity contribution in [2.24, 2.45) is 5.73 Å². The Morgan fingerprint density at radius 1 is 1.38 bits per heavy atom. The first-order valence-electron chi connectivity index (χ1n) is 10.1. The summed E-state index contributed by atoms with van der Waals surface area (Å²) >= 11 is 6.18. The lowest BCUT2D eigenvalue weighted by Crippen LogP contribution is -2.33. The van der Waals surface area contributed by atoms with E-state index in [1.54, 1.807) is 0 Å². The van der Waals surface area contributed by atoms with Crippen LogP contribution in [0, 0.1) is 5.82 Å². The van der Waals surface area contributed by atoms with E-state index in [-0.39, 0.29) is 35.7 Å². The van der Waals surface area contributed by atoms with E-state index in [1.807, 2.05) is 0 Å². The summed E-state index contributed by atoms with van der Waals surface area (Å²) < 4.78 is 48.5. The number of nitrogens with zero attached hydrogens (tertiary/aromatic N) is 2. The molecule has 0 amide bonds. The molecule has 1 aliphatic carbocycles. The van der Waals surface area contributed by atoms with Crippen LogP contribution in [-0.4, -0.2) is 41.9 Å². The van der Waals surface area contributed by atoms with Crippen molar-refractivity contribution in [3.8, 4) is 5.75 Å². The smallest absolute Gasteiger partial charge is 0.387 e. The number of aromatic carboxylic acids is 1. The van der Waals surface area contributed by atoms with Crippen LogP contribution >= 0.6 is 11.6 Å². The molecule has 1 saturated heterocycles. The van der Waals surface area contributed by atoms with Crippen LogP contribution < -0.4 is 20.8 Å². The summed E-state index contributed by atoms with van der Waals surface area (Å²) in [6.07, 6.45) is 3.69. The average Bonchev–Trinajstić information content (AvgIpc) is 3.58. The first kappa shape index (κ1) is 22.5. The number of alkyl halides is 2. The number of benzene rings is 1. The molecule has 2 aromatic rings. The Hall–Kier alpha value is -2.72. The molecular formula is C21H21ClF3N3O4. The number of halogens is 4. The Balaban J connectivity index is 2.01. The van der Waals surface area contributed by atoms with Crippen molar-refractivity contribution in [2.75, 3.05) is 24.5 Å². The van der Waals surface area contributed by atoms with Gasteiger partial charge in [0.05, 0.1) is 10.9 Å². The second-order valence-electron chi connectivity index (χ2n) is 7.86. The topological polar surface area (TPSA) is 97.8 Å². The summed E-state index contributed by atoms with van der Waals surface area (Å²) in [6.45, 7) is -2.67. The summed E-state index contributed by atoms with van der Waals surface area (Å²) in [6, 6.07) is 0.706. The molecule has 2 heterocycles. The number of aromatic nitrogens is 1. The maximum absolute atomic E-state index is 15.4. The van der Waals surface area contributed by atoms with E-state index in [9.17, 15) is 23.5 Å². The molecule has 0 radical (unpaired) electrons. The number of anilines is 1. The van der Waals surface area contributed by atoms with E-state index in [0.717, 1.165) is 17.8 Å². The maximum Gasteiger partial charge on any atom is 0.387 e. The number of ether oxygens (including phenoxy) is 1. The van der Waals surface area contributed by atoms with Crippen molar-refractivity contribution in [1.29, 1.82) is 0 Å². The zero-order valence-electron chi connectivity index (χ0n) is 16.9. The Kier molecular flexibility index (Phi) is 6.09. The van der Waals surface area contributed by atoms with E-state index in [2.05, 4.69) is 0 Å². The molecule has 2 fully saturated rings. The molecule has 4 rings (SSSR count). The second kappa shape index (κ2) is 8.67. The van der Waals surface area contributed by atoms with Crippen molar-refractivity contribution in [3.05, 3.63) is 44.5 Å². The fraction of sp³-hybridized carbons (Fsp3) is 0.429. The molecule has 0 unspecified atom stereocenters. The molecule has 1 aromatic carbocycles. The van der Waals surface area contributed by atoms with Gasteiger partial charge in [0.15, 0.2) is 11.6 Å². The summed E-state index contributed by atoms with van der Waals surface area (Å²) in [7, 11) is 0. The predicted octanol–water partition coefficient (Wildman–Crippen LogP) is 3.83. The minimum atomic E-state index is -3.28. The van der Waals surface area contributed by atoms with Crippen LogP contribution in [0.3, 0.4) is 0 Å². The van der Waals surface area contributed by atoms with Gasteiger partial charge in [-0.3, -0.25) is 4.79 Å².